The van der Waals surface area contributed by atoms with Gasteiger partial charge >= 0.3 is 0 Å². The Balaban J connectivity index is 1.77. The maximum Gasteiger partial charge on any atom is 0.251 e. The fourth-order valence-corrected chi connectivity index (χ4v) is 4.87. The number of hydrogen-bond acceptors (Lipinski definition) is 2. The van der Waals surface area contributed by atoms with Gasteiger partial charge in [-0.1, -0.05) is 66.9 Å². The molecule has 1 heterocycles. The molecule has 1 saturated carbocycles. The number of nitrogens with zero attached hydrogens (tertiary/aromatic N) is 1. The van der Waals surface area contributed by atoms with Gasteiger partial charge in [0, 0.05) is 11.7 Å². The topological polar surface area (TPSA) is 49.4 Å². The fraction of sp³-hybridized carbons (Fsp3) is 0.385. The van der Waals surface area contributed by atoms with E-state index in [0.717, 1.165) is 53.6 Å². The number of nitrogens with one attached hydrogen (secondary N) is 1. The minimum absolute atomic E-state index is 0.00987. The lowest BCUT2D eigenvalue weighted by molar-refractivity contribution is -0.138. The third-order valence-corrected chi connectivity index (χ3v) is 6.53. The summed E-state index contributed by atoms with van der Waals surface area (Å²) in [5.41, 5.74) is 3.91. The van der Waals surface area contributed by atoms with E-state index in [1.54, 1.807) is 4.90 Å². The zero-order chi connectivity index (χ0) is 21.3. The second-order valence-corrected chi connectivity index (χ2v) is 8.75. The van der Waals surface area contributed by atoms with Crippen LogP contribution in [0.1, 0.15) is 55.7 Å². The lowest BCUT2D eigenvalue weighted by Crippen LogP contribution is -2.72. The first-order chi connectivity index (χ1) is 14.4. The Morgan fingerprint density at radius 3 is 2.43 bits per heavy atom. The normalized spacial score (nSPS) is 22.2. The number of aryl methyl sites for hydroxylation is 2. The van der Waals surface area contributed by atoms with Crippen LogP contribution >= 0.6 is 0 Å². The van der Waals surface area contributed by atoms with Crippen LogP contribution in [0.2, 0.25) is 0 Å². The van der Waals surface area contributed by atoms with Crippen LogP contribution in [0.15, 0.2) is 54.1 Å². The smallest absolute Gasteiger partial charge is 0.251 e. The van der Waals surface area contributed by atoms with Crippen LogP contribution in [0.5, 0.6) is 0 Å². The molecular formula is C26H30N2O2. The highest BCUT2D eigenvalue weighted by Crippen LogP contribution is 2.44. The molecule has 4 heteroatoms. The molecule has 0 spiro atoms. The van der Waals surface area contributed by atoms with Gasteiger partial charge in [-0.05, 0) is 56.4 Å². The van der Waals surface area contributed by atoms with Gasteiger partial charge in [-0.15, -0.1) is 0 Å². The maximum atomic E-state index is 13.7. The van der Waals surface area contributed by atoms with Crippen LogP contribution < -0.4 is 10.2 Å². The monoisotopic (exact) mass is 402 g/mol. The third kappa shape index (κ3) is 3.55. The number of hydrogen-bond donors (Lipinski definition) is 1. The zero-order valence-corrected chi connectivity index (χ0v) is 18.1. The van der Waals surface area contributed by atoms with Gasteiger partial charge < -0.3 is 5.32 Å². The van der Waals surface area contributed by atoms with E-state index in [1.165, 1.54) is 0 Å². The average molecular weight is 403 g/mol. The van der Waals surface area contributed by atoms with E-state index in [1.807, 2.05) is 69.3 Å². The van der Waals surface area contributed by atoms with Crippen molar-refractivity contribution in [3.63, 3.8) is 0 Å². The lowest BCUT2D eigenvalue weighted by atomic mass is 9.75. The van der Waals surface area contributed by atoms with Gasteiger partial charge in [-0.3, -0.25) is 14.5 Å². The van der Waals surface area contributed by atoms with Gasteiger partial charge in [-0.25, -0.2) is 0 Å². The summed E-state index contributed by atoms with van der Waals surface area (Å²) < 4.78 is 0. The van der Waals surface area contributed by atoms with Gasteiger partial charge in [0.2, 0.25) is 5.91 Å². The van der Waals surface area contributed by atoms with Crippen LogP contribution in [0.3, 0.4) is 0 Å². The molecule has 4 nitrogen and oxygen atoms in total. The second-order valence-electron chi connectivity index (χ2n) is 8.75. The van der Waals surface area contributed by atoms with Crippen molar-refractivity contribution in [2.75, 3.05) is 4.90 Å². The number of anilines is 1. The van der Waals surface area contributed by atoms with Gasteiger partial charge in [-0.2, -0.15) is 0 Å². The highest BCUT2D eigenvalue weighted by Gasteiger charge is 2.58. The largest absolute Gasteiger partial charge is 0.351 e. The van der Waals surface area contributed by atoms with Gasteiger partial charge in [0.05, 0.1) is 6.42 Å². The number of rotatable bonds is 5. The summed E-state index contributed by atoms with van der Waals surface area (Å²) in [6.45, 7) is 6.02. The highest BCUT2D eigenvalue weighted by molar-refractivity contribution is 6.16. The lowest BCUT2D eigenvalue weighted by Gasteiger charge is -2.52. The van der Waals surface area contributed by atoms with E-state index >= 15 is 0 Å². The van der Waals surface area contributed by atoms with Crippen molar-refractivity contribution in [1.29, 1.82) is 0 Å². The van der Waals surface area contributed by atoms with Gasteiger partial charge in [0.1, 0.15) is 0 Å². The van der Waals surface area contributed by atoms with E-state index in [4.69, 9.17) is 0 Å². The molecule has 1 N–H and O–H groups in total. The summed E-state index contributed by atoms with van der Waals surface area (Å²) in [4.78, 5) is 28.3. The summed E-state index contributed by atoms with van der Waals surface area (Å²) in [5, 5.41) is 3.27. The van der Waals surface area contributed by atoms with Crippen molar-refractivity contribution < 1.29 is 9.59 Å². The molecule has 2 aromatic carbocycles. The molecule has 1 saturated heterocycles. The van der Waals surface area contributed by atoms with E-state index in [9.17, 15) is 9.59 Å². The number of amides is 2. The summed E-state index contributed by atoms with van der Waals surface area (Å²) in [5.74, 6) is -0.0667. The van der Waals surface area contributed by atoms with Crippen molar-refractivity contribution in [1.82, 2.24) is 5.32 Å². The quantitative estimate of drug-likeness (QED) is 0.720. The molecule has 0 bridgehead atoms. The first-order valence-electron chi connectivity index (χ1n) is 10.9. The molecule has 1 aliphatic carbocycles. The molecule has 2 aliphatic rings. The van der Waals surface area contributed by atoms with Crippen LogP contribution in [0.4, 0.5) is 5.69 Å². The number of β-lactam (4-membered cyclic amide) rings is 1. The van der Waals surface area contributed by atoms with Crippen molar-refractivity contribution in [3.8, 4) is 0 Å². The summed E-state index contributed by atoms with van der Waals surface area (Å²) in [6, 6.07) is 16.2. The highest BCUT2D eigenvalue weighted by atomic mass is 16.2. The summed E-state index contributed by atoms with van der Waals surface area (Å²) in [6.07, 6.45) is 6.57. The Hall–Kier alpha value is -2.88. The zero-order valence-electron chi connectivity index (χ0n) is 18.1. The maximum absolute atomic E-state index is 13.7. The van der Waals surface area contributed by atoms with Crippen molar-refractivity contribution in [2.24, 2.45) is 0 Å². The Bertz CT molecular complexity index is 989. The van der Waals surface area contributed by atoms with E-state index in [0.29, 0.717) is 0 Å². The number of carbonyl (C=O) groups is 2. The van der Waals surface area contributed by atoms with Crippen LogP contribution in [0, 0.1) is 13.8 Å². The van der Waals surface area contributed by atoms with Crippen LogP contribution in [-0.2, 0) is 9.59 Å². The SMILES string of the molecule is C/C(=C\c1ccccc1)C1(C(=O)NC2CCCC2)CC(=O)N1c1ccc(C)cc1C. The molecule has 0 aromatic heterocycles. The summed E-state index contributed by atoms with van der Waals surface area (Å²) >= 11 is 0. The van der Waals surface area contributed by atoms with Crippen LogP contribution in [0.25, 0.3) is 6.08 Å². The minimum atomic E-state index is -0.977. The third-order valence-electron chi connectivity index (χ3n) is 6.53. The predicted octanol–water partition coefficient (Wildman–Crippen LogP) is 4.94. The molecule has 2 fully saturated rings. The van der Waals surface area contributed by atoms with E-state index in [-0.39, 0.29) is 24.3 Å². The Morgan fingerprint density at radius 1 is 1.10 bits per heavy atom. The van der Waals surface area contributed by atoms with Crippen molar-refractivity contribution in [3.05, 3.63) is 70.8 Å². The standard InChI is InChI=1S/C26H30N2O2/c1-18-13-14-23(19(2)15-18)28-24(29)17-26(28,25(30)27-22-11-7-8-12-22)20(3)16-21-9-5-4-6-10-21/h4-6,9-10,13-16,22H,7-8,11-12,17H2,1-3H3,(H,27,30)/b20-16+. The second kappa shape index (κ2) is 8.10. The predicted molar refractivity (Wildman–Crippen MR) is 121 cm³/mol. The molecular weight excluding hydrogens is 372 g/mol. The van der Waals surface area contributed by atoms with Gasteiger partial charge in [0.15, 0.2) is 5.54 Å². The molecule has 0 radical (unpaired) electrons. The Kier molecular flexibility index (Phi) is 5.50. The molecule has 2 aromatic rings. The minimum Gasteiger partial charge on any atom is -0.351 e. The molecule has 4 rings (SSSR count). The molecule has 1 unspecified atom stereocenters. The van der Waals surface area contributed by atoms with Crippen LogP contribution in [-0.4, -0.2) is 23.4 Å². The first kappa shape index (κ1) is 20.4. The molecule has 30 heavy (non-hydrogen) atoms. The van der Waals surface area contributed by atoms with E-state index in [2.05, 4.69) is 11.4 Å². The molecule has 1 aliphatic heterocycles. The molecule has 1 atom stereocenters. The fourth-order valence-electron chi connectivity index (χ4n) is 4.87. The average Bonchev–Trinajstić information content (AvgIpc) is 3.21. The molecule has 2 amide bonds. The Labute approximate surface area is 179 Å². The van der Waals surface area contributed by atoms with Gasteiger partial charge in [0.25, 0.3) is 5.91 Å². The molecule has 156 valence electrons. The number of benzene rings is 2. The van der Waals surface area contributed by atoms with Crippen molar-refractivity contribution >= 4 is 23.6 Å². The first-order valence-corrected chi connectivity index (χ1v) is 10.9. The van der Waals surface area contributed by atoms with Crippen molar-refractivity contribution in [2.45, 2.75) is 64.5 Å². The Morgan fingerprint density at radius 2 is 1.80 bits per heavy atom. The summed E-state index contributed by atoms with van der Waals surface area (Å²) in [7, 11) is 0. The number of carbonyl (C=O) groups excluding carboxylic acids is 2. The van der Waals surface area contributed by atoms with E-state index < -0.39 is 5.54 Å².